The van der Waals surface area contributed by atoms with Gasteiger partial charge in [0.2, 0.25) is 5.91 Å². The predicted octanol–water partition coefficient (Wildman–Crippen LogP) is 0.707. The van der Waals surface area contributed by atoms with Gasteiger partial charge in [0.1, 0.15) is 5.75 Å². The van der Waals surface area contributed by atoms with E-state index in [0.717, 1.165) is 11.3 Å². The minimum absolute atomic E-state index is 0.106. The second-order valence-electron chi connectivity index (χ2n) is 4.51. The molecule has 0 radical (unpaired) electrons. The summed E-state index contributed by atoms with van der Waals surface area (Å²) in [5.74, 6) is 0.146. The molecule has 1 amide bonds. The number of aliphatic hydroxyl groups excluding tert-OH is 1. The summed E-state index contributed by atoms with van der Waals surface area (Å²) in [5.41, 5.74) is 12.0. The first-order valence-corrected chi connectivity index (χ1v) is 6.07. The van der Waals surface area contributed by atoms with Crippen LogP contribution in [0.3, 0.4) is 0 Å². The molecule has 0 aromatic heterocycles. The lowest BCUT2D eigenvalue weighted by molar-refractivity contribution is -0.114. The molecule has 0 saturated heterocycles. The lowest BCUT2D eigenvalue weighted by Gasteiger charge is -2.11. The summed E-state index contributed by atoms with van der Waals surface area (Å²) in [4.78, 5) is 11.3. The summed E-state index contributed by atoms with van der Waals surface area (Å²) in [6.07, 6.45) is 0.404. The summed E-state index contributed by atoms with van der Waals surface area (Å²) in [6.45, 7) is 3.51. The average Bonchev–Trinajstić information content (AvgIpc) is 2.36. The van der Waals surface area contributed by atoms with Gasteiger partial charge in [-0.1, -0.05) is 12.1 Å². The van der Waals surface area contributed by atoms with E-state index in [9.17, 15) is 4.79 Å². The van der Waals surface area contributed by atoms with Crippen molar-refractivity contribution in [2.75, 3.05) is 6.61 Å². The van der Waals surface area contributed by atoms with Crippen LogP contribution in [-0.4, -0.2) is 23.7 Å². The third-order valence-corrected chi connectivity index (χ3v) is 2.53. The van der Waals surface area contributed by atoms with Gasteiger partial charge in [0.25, 0.3) is 0 Å². The maximum absolute atomic E-state index is 11.3. The minimum atomic E-state index is -0.617. The van der Waals surface area contributed by atoms with Crippen LogP contribution < -0.4 is 16.2 Å². The molecule has 5 N–H and O–H groups in total. The van der Waals surface area contributed by atoms with Gasteiger partial charge in [0, 0.05) is 17.7 Å². The molecule has 0 heterocycles. The van der Waals surface area contributed by atoms with Crippen molar-refractivity contribution >= 4 is 5.91 Å². The highest BCUT2D eigenvalue weighted by molar-refractivity contribution is 5.93. The van der Waals surface area contributed by atoms with Crippen LogP contribution in [0.4, 0.5) is 0 Å². The summed E-state index contributed by atoms with van der Waals surface area (Å²) in [5, 5.41) is 8.96. The number of aliphatic hydroxyl groups is 1. The van der Waals surface area contributed by atoms with E-state index < -0.39 is 5.91 Å². The third kappa shape index (κ3) is 4.63. The summed E-state index contributed by atoms with van der Waals surface area (Å²) >= 11 is 0. The highest BCUT2D eigenvalue weighted by atomic mass is 16.5. The first-order valence-electron chi connectivity index (χ1n) is 6.07. The SMILES string of the molecule is CC(C)Oc1ccc(C/C(C(N)=O)=C(/N)CO)cc1. The molecule has 104 valence electrons. The molecule has 0 aliphatic carbocycles. The Labute approximate surface area is 112 Å². The van der Waals surface area contributed by atoms with E-state index in [0.29, 0.717) is 6.42 Å². The van der Waals surface area contributed by atoms with E-state index >= 15 is 0 Å². The standard InChI is InChI=1S/C14H20N2O3/c1-9(2)19-11-5-3-10(4-6-11)7-12(14(16)18)13(15)8-17/h3-6,9,17H,7-8,15H2,1-2H3,(H2,16,18)/b13-12-. The molecule has 0 fully saturated rings. The van der Waals surface area contributed by atoms with Crippen molar-refractivity contribution in [2.45, 2.75) is 26.4 Å². The van der Waals surface area contributed by atoms with E-state index in [-0.39, 0.29) is 24.0 Å². The number of primary amides is 1. The summed E-state index contributed by atoms with van der Waals surface area (Å²) < 4.78 is 5.52. The monoisotopic (exact) mass is 264 g/mol. The second kappa shape index (κ2) is 6.80. The Kier molecular flexibility index (Phi) is 5.38. The first kappa shape index (κ1) is 15.0. The molecule has 0 aliphatic rings. The van der Waals surface area contributed by atoms with Gasteiger partial charge in [0.15, 0.2) is 0 Å². The highest BCUT2D eigenvalue weighted by Gasteiger charge is 2.11. The fraction of sp³-hybridized carbons (Fsp3) is 0.357. The predicted molar refractivity (Wildman–Crippen MR) is 73.4 cm³/mol. The molecular weight excluding hydrogens is 244 g/mol. The van der Waals surface area contributed by atoms with Gasteiger partial charge in [-0.15, -0.1) is 0 Å². The lowest BCUT2D eigenvalue weighted by atomic mass is 10.0. The molecule has 1 aromatic carbocycles. The number of benzene rings is 1. The van der Waals surface area contributed by atoms with Gasteiger partial charge in [-0.25, -0.2) is 0 Å². The van der Waals surface area contributed by atoms with E-state index in [2.05, 4.69) is 0 Å². The van der Waals surface area contributed by atoms with Gasteiger partial charge < -0.3 is 21.3 Å². The van der Waals surface area contributed by atoms with Crippen LogP contribution in [0.15, 0.2) is 35.5 Å². The van der Waals surface area contributed by atoms with Crippen LogP contribution in [0.1, 0.15) is 19.4 Å². The Morgan fingerprint density at radius 1 is 1.26 bits per heavy atom. The van der Waals surface area contributed by atoms with Gasteiger partial charge in [-0.05, 0) is 31.5 Å². The van der Waals surface area contributed by atoms with Gasteiger partial charge in [-0.3, -0.25) is 4.79 Å². The zero-order valence-corrected chi connectivity index (χ0v) is 11.2. The number of hydrogen-bond donors (Lipinski definition) is 3. The Morgan fingerprint density at radius 2 is 1.84 bits per heavy atom. The van der Waals surface area contributed by atoms with E-state index in [1.54, 1.807) is 0 Å². The number of carbonyl (C=O) groups excluding carboxylic acids is 1. The molecular formula is C14H20N2O3. The molecule has 5 nitrogen and oxygen atoms in total. The van der Waals surface area contributed by atoms with Gasteiger partial charge in [0.05, 0.1) is 12.7 Å². The molecule has 0 saturated carbocycles. The molecule has 0 bridgehead atoms. The van der Waals surface area contributed by atoms with E-state index in [4.69, 9.17) is 21.3 Å². The number of ether oxygens (including phenoxy) is 1. The van der Waals surface area contributed by atoms with E-state index in [1.807, 2.05) is 38.1 Å². The van der Waals surface area contributed by atoms with Crippen LogP contribution in [0, 0.1) is 0 Å². The number of carbonyl (C=O) groups is 1. The lowest BCUT2D eigenvalue weighted by Crippen LogP contribution is -2.22. The van der Waals surface area contributed by atoms with Crippen LogP contribution in [0.5, 0.6) is 5.75 Å². The second-order valence-corrected chi connectivity index (χ2v) is 4.51. The quantitative estimate of drug-likeness (QED) is 0.659. The zero-order valence-electron chi connectivity index (χ0n) is 11.2. The number of amides is 1. The Bertz CT molecular complexity index is 464. The maximum Gasteiger partial charge on any atom is 0.246 e. The van der Waals surface area contributed by atoms with Crippen molar-refractivity contribution in [2.24, 2.45) is 11.5 Å². The van der Waals surface area contributed by atoms with Crippen LogP contribution in [0.2, 0.25) is 0 Å². The fourth-order valence-corrected chi connectivity index (χ4v) is 1.62. The molecule has 19 heavy (non-hydrogen) atoms. The molecule has 1 rings (SSSR count). The van der Waals surface area contributed by atoms with Crippen molar-refractivity contribution in [1.29, 1.82) is 0 Å². The molecule has 5 heteroatoms. The van der Waals surface area contributed by atoms with Crippen LogP contribution in [-0.2, 0) is 11.2 Å². The Morgan fingerprint density at radius 3 is 2.26 bits per heavy atom. The van der Waals surface area contributed by atoms with Crippen molar-refractivity contribution in [1.82, 2.24) is 0 Å². The van der Waals surface area contributed by atoms with Crippen molar-refractivity contribution in [3.63, 3.8) is 0 Å². The number of rotatable bonds is 6. The normalized spacial score (nSPS) is 12.2. The van der Waals surface area contributed by atoms with Crippen molar-refractivity contribution < 1.29 is 14.6 Å². The largest absolute Gasteiger partial charge is 0.491 e. The van der Waals surface area contributed by atoms with Crippen molar-refractivity contribution in [3.8, 4) is 5.75 Å². The molecule has 0 aliphatic heterocycles. The third-order valence-electron chi connectivity index (χ3n) is 2.53. The molecule has 0 atom stereocenters. The molecule has 0 spiro atoms. The average molecular weight is 264 g/mol. The van der Waals surface area contributed by atoms with Crippen molar-refractivity contribution in [3.05, 3.63) is 41.1 Å². The van der Waals surface area contributed by atoms with E-state index in [1.165, 1.54) is 0 Å². The zero-order chi connectivity index (χ0) is 14.4. The highest BCUT2D eigenvalue weighted by Crippen LogP contribution is 2.16. The topological polar surface area (TPSA) is 98.6 Å². The minimum Gasteiger partial charge on any atom is -0.491 e. The summed E-state index contributed by atoms with van der Waals surface area (Å²) in [6, 6.07) is 7.32. The smallest absolute Gasteiger partial charge is 0.246 e. The van der Waals surface area contributed by atoms with Gasteiger partial charge >= 0.3 is 0 Å². The maximum atomic E-state index is 11.3. The molecule has 0 unspecified atom stereocenters. The Balaban J connectivity index is 2.84. The van der Waals surface area contributed by atoms with Crippen LogP contribution >= 0.6 is 0 Å². The Hall–Kier alpha value is -2.01. The molecule has 1 aromatic rings. The van der Waals surface area contributed by atoms with Crippen LogP contribution in [0.25, 0.3) is 0 Å². The van der Waals surface area contributed by atoms with Gasteiger partial charge in [-0.2, -0.15) is 0 Å². The number of nitrogens with two attached hydrogens (primary N) is 2. The summed E-state index contributed by atoms with van der Waals surface area (Å²) in [7, 11) is 0. The number of hydrogen-bond acceptors (Lipinski definition) is 4. The first-order chi connectivity index (χ1) is 8.93. The fourth-order valence-electron chi connectivity index (χ4n) is 1.62.